The van der Waals surface area contributed by atoms with Crippen molar-refractivity contribution in [1.82, 2.24) is 0 Å². The van der Waals surface area contributed by atoms with Gasteiger partial charge in [-0.05, 0) is 48.9 Å². The molecule has 0 aliphatic rings. The van der Waals surface area contributed by atoms with Crippen LogP contribution in [0.5, 0.6) is 0 Å². The number of phosphoric ester groups is 1. The van der Waals surface area contributed by atoms with E-state index in [1.807, 2.05) is 0 Å². The average molecular weight is 549 g/mol. The highest BCUT2D eigenvalue weighted by Crippen LogP contribution is 2.35. The molecule has 0 aliphatic carbocycles. The van der Waals surface area contributed by atoms with E-state index in [0.29, 0.717) is 6.42 Å². The Balaban J connectivity index is 4.24. The van der Waals surface area contributed by atoms with Crippen molar-refractivity contribution in [3.05, 3.63) is 0 Å². The fourth-order valence-electron chi connectivity index (χ4n) is 3.30. The lowest BCUT2D eigenvalue weighted by Gasteiger charge is -2.17. The zero-order chi connectivity index (χ0) is 28.3. The van der Waals surface area contributed by atoms with E-state index in [4.69, 9.17) is 19.3 Å². The molecule has 38 heavy (non-hydrogen) atoms. The van der Waals surface area contributed by atoms with Crippen LogP contribution in [0.4, 0.5) is 0 Å². The molecule has 0 saturated heterocycles. The Hall–Kier alpha value is -2.71. The second-order valence-corrected chi connectivity index (χ2v) is 9.85. The molecular weight excluding hydrogens is 507 g/mol. The number of hydrogen-bond acceptors (Lipinski definition) is 6. The first-order valence-corrected chi connectivity index (χ1v) is 14.8. The van der Waals surface area contributed by atoms with Crippen LogP contribution in [0.15, 0.2) is 0 Å². The zero-order valence-corrected chi connectivity index (χ0v) is 23.6. The summed E-state index contributed by atoms with van der Waals surface area (Å²) in [4.78, 5) is 41.7. The summed E-state index contributed by atoms with van der Waals surface area (Å²) in [5, 5.41) is 0. The molecule has 0 aliphatic heterocycles. The van der Waals surface area contributed by atoms with Gasteiger partial charge in [-0.15, -0.1) is 0 Å². The van der Waals surface area contributed by atoms with E-state index in [2.05, 4.69) is 58.8 Å². The van der Waals surface area contributed by atoms with Crippen molar-refractivity contribution in [2.75, 3.05) is 13.2 Å². The minimum atomic E-state index is -4.80. The van der Waals surface area contributed by atoms with Crippen LogP contribution in [0.3, 0.4) is 0 Å². The summed E-state index contributed by atoms with van der Waals surface area (Å²) in [6.07, 6.45) is 14.3. The fourth-order valence-corrected chi connectivity index (χ4v) is 3.66. The molecule has 210 valence electrons. The number of ether oxygens (including phenoxy) is 2. The number of phosphoric acid groups is 1. The first-order chi connectivity index (χ1) is 18.3. The third kappa shape index (κ3) is 26.4. The quantitative estimate of drug-likeness (QED) is 0.0712. The summed E-state index contributed by atoms with van der Waals surface area (Å²) in [5.41, 5.74) is 0. The van der Waals surface area contributed by atoms with Crippen molar-refractivity contribution in [3.63, 3.8) is 0 Å². The van der Waals surface area contributed by atoms with Gasteiger partial charge >= 0.3 is 19.8 Å². The highest BCUT2D eigenvalue weighted by atomic mass is 31.2. The molecule has 8 nitrogen and oxygen atoms in total. The second kappa shape index (κ2) is 24.6. The molecule has 0 aromatic rings. The highest BCUT2D eigenvalue weighted by molar-refractivity contribution is 7.46. The molecule has 0 radical (unpaired) electrons. The Morgan fingerprint density at radius 3 is 1.76 bits per heavy atom. The molecule has 0 spiro atoms. The smallest absolute Gasteiger partial charge is 0.456 e. The molecule has 0 aromatic heterocycles. The Morgan fingerprint density at radius 1 is 0.737 bits per heavy atom. The zero-order valence-electron chi connectivity index (χ0n) is 22.7. The molecule has 0 aromatic carbocycles. The van der Waals surface area contributed by atoms with Gasteiger partial charge in [0.25, 0.3) is 0 Å². The van der Waals surface area contributed by atoms with Gasteiger partial charge < -0.3 is 19.3 Å². The van der Waals surface area contributed by atoms with E-state index in [-0.39, 0.29) is 6.42 Å². The van der Waals surface area contributed by atoms with Crippen LogP contribution in [0.1, 0.15) is 104 Å². The lowest BCUT2D eigenvalue weighted by atomic mass is 10.0. The predicted octanol–water partition coefficient (Wildman–Crippen LogP) is 5.07. The van der Waals surface area contributed by atoms with Crippen LogP contribution in [0.25, 0.3) is 0 Å². The number of hydrogen-bond donors (Lipinski definition) is 2. The number of esters is 2. The molecular formula is C29H41O8P. The molecule has 0 bridgehead atoms. The first kappa shape index (κ1) is 35.3. The molecule has 0 fully saturated rings. The maximum Gasteiger partial charge on any atom is 0.469 e. The van der Waals surface area contributed by atoms with Gasteiger partial charge in [-0.25, -0.2) is 9.36 Å². The summed E-state index contributed by atoms with van der Waals surface area (Å²) >= 11 is 0. The standard InChI is InChI=1S/C29H41O8P/c1-3-5-7-9-11-12-13-14-15-16-18-20-22-24-29(31)37-27(26-36-38(32,33)34)25-35-28(30)23-21-19-17-10-8-6-4-2/h27H,3,5,7,9,11-16,18,20,22,24-26H2,1-2H3,(H2,32,33,34)/t27-/m1/s1. The van der Waals surface area contributed by atoms with E-state index in [0.717, 1.165) is 19.3 Å². The highest BCUT2D eigenvalue weighted by Gasteiger charge is 2.22. The summed E-state index contributed by atoms with van der Waals surface area (Å²) in [7, 11) is -4.80. The van der Waals surface area contributed by atoms with Gasteiger partial charge in [-0.1, -0.05) is 89.9 Å². The van der Waals surface area contributed by atoms with Crippen molar-refractivity contribution in [2.45, 2.75) is 110 Å². The van der Waals surface area contributed by atoms with Crippen LogP contribution in [-0.4, -0.2) is 41.0 Å². The van der Waals surface area contributed by atoms with E-state index >= 15 is 0 Å². The minimum Gasteiger partial charge on any atom is -0.456 e. The topological polar surface area (TPSA) is 119 Å². The van der Waals surface area contributed by atoms with Crippen LogP contribution < -0.4 is 0 Å². The maximum atomic E-state index is 12.2. The van der Waals surface area contributed by atoms with Gasteiger partial charge in [0, 0.05) is 12.3 Å². The molecule has 0 rings (SSSR count). The van der Waals surface area contributed by atoms with Crippen molar-refractivity contribution in [3.8, 4) is 47.4 Å². The van der Waals surface area contributed by atoms with E-state index < -0.39 is 39.1 Å². The van der Waals surface area contributed by atoms with Gasteiger partial charge in [-0.3, -0.25) is 9.32 Å². The summed E-state index contributed by atoms with van der Waals surface area (Å²) in [5.74, 6) is 17.5. The van der Waals surface area contributed by atoms with Crippen molar-refractivity contribution < 1.29 is 37.9 Å². The van der Waals surface area contributed by atoms with E-state index in [1.165, 1.54) is 57.8 Å². The normalized spacial score (nSPS) is 10.7. The molecule has 0 unspecified atom stereocenters. The van der Waals surface area contributed by atoms with E-state index in [9.17, 15) is 14.2 Å². The number of carbonyl (C=O) groups excluding carboxylic acids is 2. The molecule has 0 amide bonds. The molecule has 9 heteroatoms. The molecule has 1 atom stereocenters. The maximum absolute atomic E-state index is 12.2. The van der Waals surface area contributed by atoms with Gasteiger partial charge in [0.15, 0.2) is 6.10 Å². The van der Waals surface area contributed by atoms with Crippen molar-refractivity contribution >= 4 is 19.8 Å². The Labute approximate surface area is 228 Å². The van der Waals surface area contributed by atoms with Gasteiger partial charge in [0.05, 0.1) is 6.61 Å². The average Bonchev–Trinajstić information content (AvgIpc) is 2.87. The van der Waals surface area contributed by atoms with Gasteiger partial charge in [0.2, 0.25) is 0 Å². The largest absolute Gasteiger partial charge is 0.469 e. The molecule has 0 saturated carbocycles. The van der Waals surface area contributed by atoms with Gasteiger partial charge in [0.1, 0.15) is 6.61 Å². The van der Waals surface area contributed by atoms with Crippen molar-refractivity contribution in [1.29, 1.82) is 0 Å². The number of carbonyl (C=O) groups is 2. The second-order valence-electron chi connectivity index (χ2n) is 8.61. The third-order valence-corrected chi connectivity index (χ3v) is 5.70. The molecule has 0 heterocycles. The first-order valence-electron chi connectivity index (χ1n) is 13.3. The summed E-state index contributed by atoms with van der Waals surface area (Å²) < 4.78 is 25.5. The SMILES string of the molecule is CC#CC#CC#CC#CC(=O)OC[C@H](COP(=O)(O)O)OC(=O)CCCCCCCCCCCCCCC. The monoisotopic (exact) mass is 548 g/mol. The number of rotatable bonds is 20. The lowest BCUT2D eigenvalue weighted by molar-refractivity contribution is -0.158. The Kier molecular flexibility index (Phi) is 22.9. The van der Waals surface area contributed by atoms with Crippen LogP contribution in [0.2, 0.25) is 0 Å². The van der Waals surface area contributed by atoms with Crippen LogP contribution in [-0.2, 0) is 28.2 Å². The molecule has 2 N–H and O–H groups in total. The predicted molar refractivity (Wildman–Crippen MR) is 146 cm³/mol. The summed E-state index contributed by atoms with van der Waals surface area (Å²) in [6, 6.07) is 0. The van der Waals surface area contributed by atoms with Crippen molar-refractivity contribution in [2.24, 2.45) is 0 Å². The van der Waals surface area contributed by atoms with Crippen LogP contribution >= 0.6 is 7.82 Å². The number of unbranched alkanes of at least 4 members (excludes halogenated alkanes) is 12. The Bertz CT molecular complexity index is 969. The lowest BCUT2D eigenvalue weighted by Crippen LogP contribution is -2.29. The van der Waals surface area contributed by atoms with Gasteiger partial charge in [-0.2, -0.15) is 0 Å². The van der Waals surface area contributed by atoms with Crippen LogP contribution in [0, 0.1) is 47.4 Å². The fraction of sp³-hybridized carbons (Fsp3) is 0.655. The van der Waals surface area contributed by atoms with E-state index in [1.54, 1.807) is 6.92 Å². The summed E-state index contributed by atoms with van der Waals surface area (Å²) in [6.45, 7) is 2.75. The minimum absolute atomic E-state index is 0.150. The third-order valence-electron chi connectivity index (χ3n) is 5.21. The Morgan fingerprint density at radius 2 is 1.24 bits per heavy atom.